The van der Waals surface area contributed by atoms with Gasteiger partial charge < -0.3 is 5.73 Å². The predicted molar refractivity (Wildman–Crippen MR) is 78.1 cm³/mol. The third kappa shape index (κ3) is 3.92. The Hall–Kier alpha value is -0.620. The van der Waals surface area contributed by atoms with Gasteiger partial charge in [-0.25, -0.2) is 8.42 Å². The van der Waals surface area contributed by atoms with E-state index in [0.29, 0.717) is 24.5 Å². The summed E-state index contributed by atoms with van der Waals surface area (Å²) in [4.78, 5) is 2.16. The van der Waals surface area contributed by atoms with Crippen LogP contribution in [0.4, 0.5) is 0 Å². The number of nitrogens with two attached hydrogens (primary N) is 1. The maximum atomic E-state index is 11.6. The van der Waals surface area contributed by atoms with E-state index in [1.165, 1.54) is 0 Å². The van der Waals surface area contributed by atoms with E-state index in [1.54, 1.807) is 0 Å². The zero-order chi connectivity index (χ0) is 13.9. The number of rotatable bonds is 3. The molecule has 1 aromatic carbocycles. The van der Waals surface area contributed by atoms with Crippen LogP contribution in [0.3, 0.4) is 0 Å². The van der Waals surface area contributed by atoms with Crippen LogP contribution in [-0.2, 0) is 9.84 Å². The number of benzene rings is 1. The molecule has 1 atom stereocenters. The zero-order valence-electron chi connectivity index (χ0n) is 10.8. The molecule has 2 rings (SSSR count). The van der Waals surface area contributed by atoms with Gasteiger partial charge in [0.15, 0.2) is 9.84 Å². The minimum atomic E-state index is -2.89. The summed E-state index contributed by atoms with van der Waals surface area (Å²) in [6.07, 6.45) is 0.673. The number of hydrogen-bond donors (Lipinski definition) is 1. The first-order chi connectivity index (χ1) is 9.02. The van der Waals surface area contributed by atoms with Crippen LogP contribution in [0.2, 0.25) is 5.02 Å². The summed E-state index contributed by atoms with van der Waals surface area (Å²) in [6, 6.07) is 7.66. The van der Waals surface area contributed by atoms with Gasteiger partial charge in [-0.15, -0.1) is 0 Å². The Balaban J connectivity index is 2.15. The fourth-order valence-electron chi connectivity index (χ4n) is 2.45. The molecule has 106 valence electrons. The van der Waals surface area contributed by atoms with Crippen molar-refractivity contribution >= 4 is 21.4 Å². The number of nitrogens with zero attached hydrogens (tertiary/aromatic N) is 1. The summed E-state index contributed by atoms with van der Waals surface area (Å²) in [5.74, 6) is 0.499. The maximum absolute atomic E-state index is 11.6. The quantitative estimate of drug-likeness (QED) is 0.918. The predicted octanol–water partition coefficient (Wildman–Crippen LogP) is 1.46. The van der Waals surface area contributed by atoms with Crippen molar-refractivity contribution in [1.82, 2.24) is 4.90 Å². The lowest BCUT2D eigenvalue weighted by Gasteiger charge is -2.29. The Labute approximate surface area is 119 Å². The molecule has 1 fully saturated rings. The van der Waals surface area contributed by atoms with Crippen LogP contribution >= 0.6 is 11.6 Å². The largest absolute Gasteiger partial charge is 0.329 e. The van der Waals surface area contributed by atoms with E-state index in [4.69, 9.17) is 17.3 Å². The van der Waals surface area contributed by atoms with Crippen molar-refractivity contribution in [3.05, 3.63) is 34.9 Å². The first kappa shape index (κ1) is 14.8. The molecule has 4 nitrogen and oxygen atoms in total. The first-order valence-electron chi connectivity index (χ1n) is 6.42. The Morgan fingerprint density at radius 3 is 2.53 bits per heavy atom. The standard InChI is InChI=1S/C13H19ClN2O2S/c14-12-4-2-11(3-5-12)13(10-15)16-6-1-8-19(17,18)9-7-16/h2-5,13H,1,6-10,15H2. The molecule has 0 spiro atoms. The third-order valence-corrected chi connectivity index (χ3v) is 5.48. The molecule has 1 saturated heterocycles. The van der Waals surface area contributed by atoms with E-state index < -0.39 is 9.84 Å². The molecule has 1 aliphatic heterocycles. The second-order valence-corrected chi connectivity index (χ2v) is 7.58. The zero-order valence-corrected chi connectivity index (χ0v) is 12.3. The van der Waals surface area contributed by atoms with E-state index in [0.717, 1.165) is 12.1 Å². The van der Waals surface area contributed by atoms with Crippen molar-refractivity contribution in [1.29, 1.82) is 0 Å². The van der Waals surface area contributed by atoms with Crippen molar-refractivity contribution in [3.8, 4) is 0 Å². The molecular weight excluding hydrogens is 284 g/mol. The second-order valence-electron chi connectivity index (χ2n) is 4.84. The van der Waals surface area contributed by atoms with Crippen LogP contribution in [0.15, 0.2) is 24.3 Å². The van der Waals surface area contributed by atoms with Gasteiger partial charge in [-0.1, -0.05) is 23.7 Å². The molecule has 2 N–H and O–H groups in total. The van der Waals surface area contributed by atoms with Crippen molar-refractivity contribution in [2.45, 2.75) is 12.5 Å². The molecule has 0 aliphatic carbocycles. The Kier molecular flexibility index (Phi) is 4.84. The Morgan fingerprint density at radius 2 is 1.89 bits per heavy atom. The molecule has 1 unspecified atom stereocenters. The highest BCUT2D eigenvalue weighted by Crippen LogP contribution is 2.23. The molecule has 6 heteroatoms. The minimum absolute atomic E-state index is 0.0607. The number of hydrogen-bond acceptors (Lipinski definition) is 4. The van der Waals surface area contributed by atoms with Gasteiger partial charge >= 0.3 is 0 Å². The van der Waals surface area contributed by atoms with E-state index in [-0.39, 0.29) is 17.5 Å². The maximum Gasteiger partial charge on any atom is 0.151 e. The summed E-state index contributed by atoms with van der Waals surface area (Å²) < 4.78 is 23.3. The fourth-order valence-corrected chi connectivity index (χ4v) is 3.86. The van der Waals surface area contributed by atoms with Crippen LogP contribution in [0.5, 0.6) is 0 Å². The molecule has 0 saturated carbocycles. The van der Waals surface area contributed by atoms with Crippen molar-refractivity contribution < 1.29 is 8.42 Å². The molecule has 1 aliphatic rings. The average molecular weight is 303 g/mol. The van der Waals surface area contributed by atoms with Crippen LogP contribution in [0, 0.1) is 0 Å². The Bertz CT molecular complexity index is 516. The first-order valence-corrected chi connectivity index (χ1v) is 8.62. The molecule has 0 amide bonds. The normalized spacial score (nSPS) is 21.8. The summed E-state index contributed by atoms with van der Waals surface area (Å²) >= 11 is 5.88. The number of halogens is 1. The van der Waals surface area contributed by atoms with Crippen molar-refractivity contribution in [3.63, 3.8) is 0 Å². The van der Waals surface area contributed by atoms with E-state index in [2.05, 4.69) is 4.90 Å². The molecule has 1 heterocycles. The fraction of sp³-hybridized carbons (Fsp3) is 0.538. The molecule has 1 aromatic rings. The molecule has 19 heavy (non-hydrogen) atoms. The third-order valence-electron chi connectivity index (χ3n) is 3.51. The highest BCUT2D eigenvalue weighted by molar-refractivity contribution is 7.91. The molecule has 0 radical (unpaired) electrons. The van der Waals surface area contributed by atoms with Crippen LogP contribution in [-0.4, -0.2) is 44.5 Å². The molecule has 0 bridgehead atoms. The van der Waals surface area contributed by atoms with Crippen molar-refractivity contribution in [2.24, 2.45) is 5.73 Å². The number of sulfone groups is 1. The molecular formula is C13H19ClN2O2S. The summed E-state index contributed by atoms with van der Waals surface area (Å²) in [6.45, 7) is 1.79. The van der Waals surface area contributed by atoms with E-state index >= 15 is 0 Å². The van der Waals surface area contributed by atoms with Crippen LogP contribution in [0.25, 0.3) is 0 Å². The minimum Gasteiger partial charge on any atom is -0.329 e. The van der Waals surface area contributed by atoms with Gasteiger partial charge in [0.05, 0.1) is 11.5 Å². The lowest BCUT2D eigenvalue weighted by Crippen LogP contribution is -2.35. The Morgan fingerprint density at radius 1 is 1.21 bits per heavy atom. The molecule has 0 aromatic heterocycles. The average Bonchev–Trinajstić information content (AvgIpc) is 2.54. The summed E-state index contributed by atoms with van der Waals surface area (Å²) in [5.41, 5.74) is 6.96. The SMILES string of the molecule is NCC(c1ccc(Cl)cc1)N1CCCS(=O)(=O)CC1. The lowest BCUT2D eigenvalue weighted by atomic mass is 10.1. The summed E-state index contributed by atoms with van der Waals surface area (Å²) in [5, 5.41) is 0.693. The smallest absolute Gasteiger partial charge is 0.151 e. The van der Waals surface area contributed by atoms with Gasteiger partial charge in [0.25, 0.3) is 0 Å². The highest BCUT2D eigenvalue weighted by atomic mass is 35.5. The van der Waals surface area contributed by atoms with Gasteiger partial charge in [0.2, 0.25) is 0 Å². The van der Waals surface area contributed by atoms with Gasteiger partial charge in [0, 0.05) is 24.2 Å². The summed E-state index contributed by atoms with van der Waals surface area (Å²) in [7, 11) is -2.89. The van der Waals surface area contributed by atoms with Gasteiger partial charge in [-0.3, -0.25) is 4.90 Å². The van der Waals surface area contributed by atoms with Gasteiger partial charge in [-0.05, 0) is 30.7 Å². The highest BCUT2D eigenvalue weighted by Gasteiger charge is 2.24. The van der Waals surface area contributed by atoms with Crippen molar-refractivity contribution in [2.75, 3.05) is 31.1 Å². The van der Waals surface area contributed by atoms with Crippen LogP contribution in [0.1, 0.15) is 18.0 Å². The lowest BCUT2D eigenvalue weighted by molar-refractivity contribution is 0.218. The monoisotopic (exact) mass is 302 g/mol. The van der Waals surface area contributed by atoms with Gasteiger partial charge in [-0.2, -0.15) is 0 Å². The van der Waals surface area contributed by atoms with Crippen LogP contribution < -0.4 is 5.73 Å². The van der Waals surface area contributed by atoms with Gasteiger partial charge in [0.1, 0.15) is 0 Å². The second kappa shape index (κ2) is 6.22. The van der Waals surface area contributed by atoms with E-state index in [1.807, 2.05) is 24.3 Å². The van der Waals surface area contributed by atoms with E-state index in [9.17, 15) is 8.42 Å². The topological polar surface area (TPSA) is 63.4 Å².